The zero-order valence-corrected chi connectivity index (χ0v) is 18.6. The maximum atomic E-state index is 12.5. The molecule has 2 aliphatic rings. The van der Waals surface area contributed by atoms with Crippen molar-refractivity contribution in [3.05, 3.63) is 53.2 Å². The number of fused-ring (bicyclic) bond motifs is 3. The maximum absolute atomic E-state index is 12.5. The highest BCUT2D eigenvalue weighted by molar-refractivity contribution is 6.30. The summed E-state index contributed by atoms with van der Waals surface area (Å²) < 4.78 is 7.06. The van der Waals surface area contributed by atoms with Crippen molar-refractivity contribution >= 4 is 29.5 Å². The number of anilines is 2. The van der Waals surface area contributed by atoms with Crippen LogP contribution in [-0.2, 0) is 11.3 Å². The number of hydrogen-bond acceptors (Lipinski definition) is 8. The molecule has 0 radical (unpaired) electrons. The van der Waals surface area contributed by atoms with E-state index in [0.29, 0.717) is 17.4 Å². The van der Waals surface area contributed by atoms with Gasteiger partial charge in [0.2, 0.25) is 5.95 Å². The molecule has 0 bridgehead atoms. The maximum Gasteiger partial charge on any atom is 0.410 e. The predicted molar refractivity (Wildman–Crippen MR) is 119 cm³/mol. The number of ether oxygens (including phenoxy) is 1. The van der Waals surface area contributed by atoms with Crippen molar-refractivity contribution in [2.75, 3.05) is 43.1 Å². The third-order valence-corrected chi connectivity index (χ3v) is 6.23. The number of amides is 1. The van der Waals surface area contributed by atoms with Crippen LogP contribution in [0, 0.1) is 0 Å². The minimum absolute atomic E-state index is 0.322. The Morgan fingerprint density at radius 1 is 1.12 bits per heavy atom. The van der Waals surface area contributed by atoms with Crippen molar-refractivity contribution in [3.8, 4) is 5.69 Å². The predicted octanol–water partition coefficient (Wildman–Crippen LogP) is 2.68. The lowest BCUT2D eigenvalue weighted by Gasteiger charge is -2.35. The highest BCUT2D eigenvalue weighted by atomic mass is 35.5. The van der Waals surface area contributed by atoms with Crippen molar-refractivity contribution in [2.24, 2.45) is 0 Å². The third kappa shape index (κ3) is 3.50. The fourth-order valence-electron chi connectivity index (χ4n) is 4.30. The summed E-state index contributed by atoms with van der Waals surface area (Å²) in [6.07, 6.45) is 2.90. The summed E-state index contributed by atoms with van der Waals surface area (Å²) in [4.78, 5) is 26.9. The highest BCUT2D eigenvalue weighted by Crippen LogP contribution is 2.35. The number of methoxy groups -OCH3 is 1. The summed E-state index contributed by atoms with van der Waals surface area (Å²) in [6.45, 7) is 5.43. The lowest BCUT2D eigenvalue weighted by atomic mass is 10.1. The van der Waals surface area contributed by atoms with Gasteiger partial charge in [0.1, 0.15) is 12.1 Å². The normalized spacial score (nSPS) is 18.1. The first-order chi connectivity index (χ1) is 15.6. The second kappa shape index (κ2) is 8.27. The Hall–Kier alpha value is -3.40. The fraction of sp³-hybridized carbons (Fsp3) is 0.381. The van der Waals surface area contributed by atoms with Gasteiger partial charge >= 0.3 is 6.09 Å². The summed E-state index contributed by atoms with van der Waals surface area (Å²) in [5, 5.41) is 9.64. The Morgan fingerprint density at radius 2 is 1.91 bits per heavy atom. The second-order valence-corrected chi connectivity index (χ2v) is 8.22. The van der Waals surface area contributed by atoms with E-state index in [2.05, 4.69) is 30.0 Å². The van der Waals surface area contributed by atoms with Crippen LogP contribution in [0.4, 0.5) is 16.6 Å². The average molecular weight is 455 g/mol. The first kappa shape index (κ1) is 20.5. The van der Waals surface area contributed by atoms with E-state index in [1.807, 2.05) is 35.8 Å². The molecule has 3 aromatic rings. The van der Waals surface area contributed by atoms with Gasteiger partial charge in [-0.1, -0.05) is 11.6 Å². The van der Waals surface area contributed by atoms with Crippen LogP contribution >= 0.6 is 11.6 Å². The number of nitrogens with zero attached hydrogens (tertiary/aromatic N) is 8. The van der Waals surface area contributed by atoms with Gasteiger partial charge in [0.05, 0.1) is 25.4 Å². The number of aromatic nitrogens is 5. The number of carbonyl (C=O) groups is 1. The molecule has 5 rings (SSSR count). The average Bonchev–Trinajstić information content (AvgIpc) is 3.22. The SMILES string of the molecule is COC(=O)N1Cc2cc(Cl)ccc2-n2c(nnc2N2CCN(c3ccncn3)CC2)C1C. The summed E-state index contributed by atoms with van der Waals surface area (Å²) in [5.41, 5.74) is 1.83. The van der Waals surface area contributed by atoms with Crippen molar-refractivity contribution in [1.29, 1.82) is 0 Å². The molecule has 166 valence electrons. The lowest BCUT2D eigenvalue weighted by molar-refractivity contribution is 0.103. The van der Waals surface area contributed by atoms with E-state index in [-0.39, 0.29) is 6.04 Å². The van der Waals surface area contributed by atoms with Crippen LogP contribution in [0.3, 0.4) is 0 Å². The number of rotatable bonds is 2. The van der Waals surface area contributed by atoms with Crippen LogP contribution in [0.2, 0.25) is 5.02 Å². The van der Waals surface area contributed by atoms with Crippen LogP contribution in [-0.4, -0.2) is 69.0 Å². The largest absolute Gasteiger partial charge is 0.453 e. The van der Waals surface area contributed by atoms with Crippen LogP contribution in [0.25, 0.3) is 5.69 Å². The summed E-state index contributed by atoms with van der Waals surface area (Å²) in [7, 11) is 1.38. The molecule has 2 aliphatic heterocycles. The molecule has 0 spiro atoms. The van der Waals surface area contributed by atoms with Gasteiger partial charge in [-0.3, -0.25) is 9.47 Å². The molecule has 1 amide bonds. The zero-order valence-electron chi connectivity index (χ0n) is 17.8. The lowest BCUT2D eigenvalue weighted by Crippen LogP contribution is -2.47. The molecular weight excluding hydrogens is 432 g/mol. The standard InChI is InChI=1S/C21H23ClN8O2/c1-14-19-25-26-20(28-9-7-27(8-10-28)18-5-6-23-13-24-18)30(19)17-4-3-16(22)11-15(17)12-29(14)21(31)32-2/h3-6,11,13-14H,7-10,12H2,1-2H3. The topological polar surface area (TPSA) is 92.5 Å². The Morgan fingerprint density at radius 3 is 2.62 bits per heavy atom. The van der Waals surface area contributed by atoms with E-state index < -0.39 is 6.09 Å². The fourth-order valence-corrected chi connectivity index (χ4v) is 4.49. The number of hydrogen-bond donors (Lipinski definition) is 0. The Labute approximate surface area is 190 Å². The van der Waals surface area contributed by atoms with Crippen molar-refractivity contribution in [1.82, 2.24) is 29.6 Å². The number of piperazine rings is 1. The molecule has 1 atom stereocenters. The minimum atomic E-state index is -0.417. The molecule has 2 aromatic heterocycles. The molecule has 0 saturated carbocycles. The highest BCUT2D eigenvalue weighted by Gasteiger charge is 2.34. The van der Waals surface area contributed by atoms with Crippen molar-refractivity contribution in [3.63, 3.8) is 0 Å². The van der Waals surface area contributed by atoms with Gasteiger partial charge in [-0.25, -0.2) is 14.8 Å². The van der Waals surface area contributed by atoms with Crippen LogP contribution in [0.1, 0.15) is 24.4 Å². The summed E-state index contributed by atoms with van der Waals surface area (Å²) in [6, 6.07) is 7.28. The van der Waals surface area contributed by atoms with E-state index in [0.717, 1.165) is 49.2 Å². The minimum Gasteiger partial charge on any atom is -0.453 e. The number of carbonyl (C=O) groups excluding carboxylic acids is 1. The first-order valence-electron chi connectivity index (χ1n) is 10.4. The molecule has 0 aliphatic carbocycles. The molecule has 1 saturated heterocycles. The zero-order chi connectivity index (χ0) is 22.2. The van der Waals surface area contributed by atoms with Gasteiger partial charge in [-0.15, -0.1) is 10.2 Å². The van der Waals surface area contributed by atoms with E-state index >= 15 is 0 Å². The van der Waals surface area contributed by atoms with Crippen LogP contribution < -0.4 is 9.80 Å². The molecule has 11 heteroatoms. The smallest absolute Gasteiger partial charge is 0.410 e. The van der Waals surface area contributed by atoms with E-state index in [4.69, 9.17) is 16.3 Å². The van der Waals surface area contributed by atoms with Gasteiger partial charge in [-0.2, -0.15) is 0 Å². The quantitative estimate of drug-likeness (QED) is 0.583. The molecule has 0 N–H and O–H groups in total. The van der Waals surface area contributed by atoms with Gasteiger partial charge in [0, 0.05) is 37.4 Å². The monoisotopic (exact) mass is 454 g/mol. The number of benzene rings is 1. The Bertz CT molecular complexity index is 1130. The molecule has 1 unspecified atom stereocenters. The van der Waals surface area contributed by atoms with Gasteiger partial charge < -0.3 is 14.5 Å². The molecule has 32 heavy (non-hydrogen) atoms. The van der Waals surface area contributed by atoms with Crippen molar-refractivity contribution in [2.45, 2.75) is 19.5 Å². The van der Waals surface area contributed by atoms with Crippen LogP contribution in [0.5, 0.6) is 0 Å². The van der Waals surface area contributed by atoms with E-state index in [1.165, 1.54) is 7.11 Å². The molecule has 10 nitrogen and oxygen atoms in total. The second-order valence-electron chi connectivity index (χ2n) is 7.78. The van der Waals surface area contributed by atoms with Crippen molar-refractivity contribution < 1.29 is 9.53 Å². The first-order valence-corrected chi connectivity index (χ1v) is 10.8. The van der Waals surface area contributed by atoms with E-state index in [9.17, 15) is 4.79 Å². The van der Waals surface area contributed by atoms with Crippen LogP contribution in [0.15, 0.2) is 36.8 Å². The molecule has 1 aromatic carbocycles. The Balaban J connectivity index is 1.50. The van der Waals surface area contributed by atoms with Gasteiger partial charge in [0.25, 0.3) is 0 Å². The molecule has 1 fully saturated rings. The Kier molecular flexibility index (Phi) is 5.30. The number of halogens is 1. The molecular formula is C21H23ClN8O2. The summed E-state index contributed by atoms with van der Waals surface area (Å²) in [5.74, 6) is 2.36. The third-order valence-electron chi connectivity index (χ3n) is 6.00. The van der Waals surface area contributed by atoms with E-state index in [1.54, 1.807) is 17.4 Å². The van der Waals surface area contributed by atoms with Gasteiger partial charge in [0.15, 0.2) is 5.82 Å². The summed E-state index contributed by atoms with van der Waals surface area (Å²) >= 11 is 6.29. The molecule has 4 heterocycles. The van der Waals surface area contributed by atoms with Gasteiger partial charge in [-0.05, 0) is 36.8 Å².